The van der Waals surface area contributed by atoms with Crippen LogP contribution in [0.5, 0.6) is 0 Å². The zero-order valence-corrected chi connectivity index (χ0v) is 12.5. The molecule has 0 atom stereocenters. The van der Waals surface area contributed by atoms with Crippen molar-refractivity contribution < 1.29 is 4.79 Å². The second-order valence-electron chi connectivity index (χ2n) is 5.76. The minimum Gasteiger partial charge on any atom is -0.330 e. The average molecular weight is 287 g/mol. The number of carbonyl (C=O) groups is 1. The van der Waals surface area contributed by atoms with Gasteiger partial charge in [0.05, 0.1) is 18.2 Å². The van der Waals surface area contributed by atoms with E-state index in [2.05, 4.69) is 15.4 Å². The smallest absolute Gasteiger partial charge is 0.275 e. The predicted molar refractivity (Wildman–Crippen MR) is 80.2 cm³/mol. The van der Waals surface area contributed by atoms with Gasteiger partial charge in [-0.1, -0.05) is 19.3 Å². The highest BCUT2D eigenvalue weighted by Crippen LogP contribution is 2.32. The topological polar surface area (TPSA) is 64.7 Å². The lowest BCUT2D eigenvalue weighted by molar-refractivity contribution is 0.101. The van der Waals surface area contributed by atoms with E-state index in [1.165, 1.54) is 32.1 Å². The molecule has 0 unspecified atom stereocenters. The number of nitrogens with zero attached hydrogens (tertiary/aromatic N) is 4. The number of aryl methyl sites for hydroxylation is 2. The molecule has 0 bridgehead atoms. The van der Waals surface area contributed by atoms with Crippen LogP contribution in [0.15, 0.2) is 18.6 Å². The quantitative estimate of drug-likeness (QED) is 0.943. The summed E-state index contributed by atoms with van der Waals surface area (Å²) in [6, 6.07) is 2.00. The van der Waals surface area contributed by atoms with Crippen molar-refractivity contribution in [2.75, 3.05) is 5.32 Å². The fourth-order valence-electron chi connectivity index (χ4n) is 2.96. The number of amides is 1. The number of hydrogen-bond acceptors (Lipinski definition) is 3. The summed E-state index contributed by atoms with van der Waals surface area (Å²) in [4.78, 5) is 16.2. The number of carbonyl (C=O) groups excluding carboxylic acids is 1. The van der Waals surface area contributed by atoms with Crippen LogP contribution in [0.3, 0.4) is 0 Å². The molecule has 0 aliphatic heterocycles. The highest BCUT2D eigenvalue weighted by atomic mass is 16.2. The first-order chi connectivity index (χ1) is 10.1. The van der Waals surface area contributed by atoms with Gasteiger partial charge in [-0.25, -0.2) is 4.98 Å². The van der Waals surface area contributed by atoms with Crippen LogP contribution in [0.4, 0.5) is 5.82 Å². The Morgan fingerprint density at radius 1 is 1.29 bits per heavy atom. The van der Waals surface area contributed by atoms with Gasteiger partial charge in [0.2, 0.25) is 0 Å². The molecule has 0 radical (unpaired) electrons. The summed E-state index contributed by atoms with van der Waals surface area (Å²) >= 11 is 0. The molecule has 1 saturated carbocycles. The second-order valence-corrected chi connectivity index (χ2v) is 5.76. The number of hydrogen-bond donors (Lipinski definition) is 1. The summed E-state index contributed by atoms with van der Waals surface area (Å²) < 4.78 is 3.45. The molecule has 0 spiro atoms. The normalized spacial score (nSPS) is 16.1. The average Bonchev–Trinajstić information content (AvgIpc) is 3.07. The predicted octanol–water partition coefficient (Wildman–Crippen LogP) is 2.45. The van der Waals surface area contributed by atoms with E-state index in [0.29, 0.717) is 11.6 Å². The number of aromatic nitrogens is 4. The van der Waals surface area contributed by atoms with E-state index >= 15 is 0 Å². The molecule has 2 aromatic heterocycles. The van der Waals surface area contributed by atoms with E-state index in [4.69, 9.17) is 0 Å². The van der Waals surface area contributed by atoms with Gasteiger partial charge in [0.1, 0.15) is 11.5 Å². The first-order valence-electron chi connectivity index (χ1n) is 7.47. The maximum Gasteiger partial charge on any atom is 0.275 e. The third kappa shape index (κ3) is 2.84. The van der Waals surface area contributed by atoms with Crippen LogP contribution >= 0.6 is 0 Å². The van der Waals surface area contributed by atoms with Crippen molar-refractivity contribution in [3.63, 3.8) is 0 Å². The third-order valence-corrected chi connectivity index (χ3v) is 4.21. The summed E-state index contributed by atoms with van der Waals surface area (Å²) in [5.74, 6) is 1.11. The van der Waals surface area contributed by atoms with Crippen LogP contribution in [0.1, 0.15) is 54.2 Å². The monoisotopic (exact) mass is 287 g/mol. The molecule has 2 aromatic rings. The molecule has 112 valence electrons. The van der Waals surface area contributed by atoms with Crippen LogP contribution in [0.2, 0.25) is 0 Å². The van der Waals surface area contributed by atoms with Gasteiger partial charge in [-0.05, 0) is 12.8 Å². The molecule has 1 aliphatic rings. The summed E-state index contributed by atoms with van der Waals surface area (Å²) in [5.41, 5.74) is 1.63. The molecule has 1 aliphatic carbocycles. The van der Waals surface area contributed by atoms with Crippen molar-refractivity contribution in [3.8, 4) is 0 Å². The zero-order valence-electron chi connectivity index (χ0n) is 12.5. The van der Waals surface area contributed by atoms with Crippen LogP contribution in [-0.2, 0) is 14.1 Å². The number of nitrogens with one attached hydrogen (secondary N) is 1. The van der Waals surface area contributed by atoms with E-state index in [9.17, 15) is 4.79 Å². The minimum absolute atomic E-state index is 0.159. The maximum absolute atomic E-state index is 12.2. The van der Waals surface area contributed by atoms with E-state index < -0.39 is 0 Å². The summed E-state index contributed by atoms with van der Waals surface area (Å²) in [5, 5.41) is 7.48. The van der Waals surface area contributed by atoms with E-state index in [1.807, 2.05) is 13.1 Å². The van der Waals surface area contributed by atoms with Gasteiger partial charge >= 0.3 is 0 Å². The Hall–Kier alpha value is -2.11. The molecule has 1 amide bonds. The third-order valence-electron chi connectivity index (χ3n) is 4.21. The van der Waals surface area contributed by atoms with Crippen molar-refractivity contribution in [1.29, 1.82) is 0 Å². The van der Waals surface area contributed by atoms with Crippen molar-refractivity contribution in [1.82, 2.24) is 19.3 Å². The highest BCUT2D eigenvalue weighted by molar-refractivity contribution is 6.02. The van der Waals surface area contributed by atoms with Crippen molar-refractivity contribution in [3.05, 3.63) is 30.0 Å². The van der Waals surface area contributed by atoms with Gasteiger partial charge in [0.25, 0.3) is 5.91 Å². The molecular formula is C15H21N5O. The van der Waals surface area contributed by atoms with Crippen molar-refractivity contribution in [2.24, 2.45) is 14.1 Å². The second kappa shape index (κ2) is 5.71. The minimum atomic E-state index is -0.159. The molecule has 0 aromatic carbocycles. The Bertz CT molecular complexity index is 636. The van der Waals surface area contributed by atoms with E-state index in [0.717, 1.165) is 11.5 Å². The lowest BCUT2D eigenvalue weighted by Crippen LogP contribution is -2.17. The fourth-order valence-corrected chi connectivity index (χ4v) is 2.96. The summed E-state index contributed by atoms with van der Waals surface area (Å²) in [7, 11) is 3.67. The molecule has 1 fully saturated rings. The van der Waals surface area contributed by atoms with Gasteiger partial charge < -0.3 is 9.88 Å². The molecule has 0 saturated heterocycles. The molecule has 6 heteroatoms. The lowest BCUT2D eigenvalue weighted by Gasteiger charge is -2.19. The highest BCUT2D eigenvalue weighted by Gasteiger charge is 2.20. The van der Waals surface area contributed by atoms with Gasteiger partial charge in [0, 0.05) is 26.1 Å². The van der Waals surface area contributed by atoms with Crippen LogP contribution < -0.4 is 5.32 Å². The molecule has 1 N–H and O–H groups in total. The van der Waals surface area contributed by atoms with Crippen LogP contribution in [0, 0.1) is 0 Å². The Morgan fingerprint density at radius 2 is 2.05 bits per heavy atom. The Balaban J connectivity index is 1.75. The molecular weight excluding hydrogens is 266 g/mol. The zero-order chi connectivity index (χ0) is 14.8. The van der Waals surface area contributed by atoms with Crippen molar-refractivity contribution in [2.45, 2.75) is 38.0 Å². The maximum atomic E-state index is 12.2. The molecule has 2 heterocycles. The first kappa shape index (κ1) is 13.9. The largest absolute Gasteiger partial charge is 0.330 e. The van der Waals surface area contributed by atoms with Gasteiger partial charge in [0.15, 0.2) is 0 Å². The first-order valence-corrected chi connectivity index (χ1v) is 7.47. The van der Waals surface area contributed by atoms with E-state index in [1.54, 1.807) is 28.8 Å². The summed E-state index contributed by atoms with van der Waals surface area (Å²) in [6.45, 7) is 0. The Kier molecular flexibility index (Phi) is 3.77. The molecule has 6 nitrogen and oxygen atoms in total. The molecule has 3 rings (SSSR count). The fraction of sp³-hybridized carbons (Fsp3) is 0.533. The van der Waals surface area contributed by atoms with Gasteiger partial charge in [-0.3, -0.25) is 9.48 Å². The number of imidazole rings is 1. The Labute approximate surface area is 124 Å². The van der Waals surface area contributed by atoms with Crippen LogP contribution in [0.25, 0.3) is 0 Å². The number of rotatable bonds is 3. The lowest BCUT2D eigenvalue weighted by atomic mass is 9.87. The van der Waals surface area contributed by atoms with Crippen molar-refractivity contribution >= 4 is 11.7 Å². The standard InChI is InChI=1S/C15H21N5O/c1-19-10-16-9-13(19)15(21)17-14-8-12(18-20(14)2)11-6-4-3-5-7-11/h8-11H,3-7H2,1-2H3,(H,17,21). The summed E-state index contributed by atoms with van der Waals surface area (Å²) in [6.07, 6.45) is 9.46. The number of anilines is 1. The SMILES string of the molecule is Cn1cncc1C(=O)Nc1cc(C2CCCCC2)nn1C. The molecule has 21 heavy (non-hydrogen) atoms. The Morgan fingerprint density at radius 3 is 2.71 bits per heavy atom. The van der Waals surface area contributed by atoms with E-state index in [-0.39, 0.29) is 5.91 Å². The van der Waals surface area contributed by atoms with Gasteiger partial charge in [-0.15, -0.1) is 0 Å². The van der Waals surface area contributed by atoms with Gasteiger partial charge in [-0.2, -0.15) is 5.10 Å². The van der Waals surface area contributed by atoms with Crippen LogP contribution in [-0.4, -0.2) is 25.2 Å².